The number of alkyl halides is 2. The molecule has 0 bridgehead atoms. The minimum atomic E-state index is -1.80. The molecule has 0 aromatic heterocycles. The van der Waals surface area contributed by atoms with E-state index < -0.39 is 24.7 Å². The molecule has 1 aliphatic heterocycles. The van der Waals surface area contributed by atoms with Crippen LogP contribution in [0.4, 0.5) is 8.78 Å². The number of nitrogens with zero attached hydrogens (tertiary/aromatic N) is 1. The van der Waals surface area contributed by atoms with Crippen LogP contribution < -0.4 is 0 Å². The van der Waals surface area contributed by atoms with E-state index in [0.29, 0.717) is 24.6 Å². The molecule has 25 heavy (non-hydrogen) atoms. The Balaban J connectivity index is 1.51. The molecule has 0 radical (unpaired) electrons. The van der Waals surface area contributed by atoms with Crippen LogP contribution in [-0.4, -0.2) is 36.2 Å². The molecule has 2 atom stereocenters. The Labute approximate surface area is 147 Å². The number of halogens is 2. The van der Waals surface area contributed by atoms with Gasteiger partial charge in [0.15, 0.2) is 18.3 Å². The van der Waals surface area contributed by atoms with Gasteiger partial charge in [-0.3, -0.25) is 9.69 Å². The lowest BCUT2D eigenvalue weighted by atomic mass is 9.89. The van der Waals surface area contributed by atoms with E-state index in [1.165, 1.54) is 5.56 Å². The molecule has 2 nitrogen and oxygen atoms in total. The molecule has 1 fully saturated rings. The third-order valence-electron chi connectivity index (χ3n) is 4.94. The lowest BCUT2D eigenvalue weighted by Crippen LogP contribution is -2.40. The number of hydrogen-bond acceptors (Lipinski definition) is 2. The van der Waals surface area contributed by atoms with Crippen molar-refractivity contribution in [1.82, 2.24) is 4.90 Å². The number of carbonyl (C=O) groups excluding carboxylic acids is 1. The highest BCUT2D eigenvalue weighted by Gasteiger charge is 2.30. The number of Topliss-reactive ketones (excluding diaryl/α,β-unsaturated/α-hetero) is 1. The molecule has 1 saturated heterocycles. The number of piperidine rings is 1. The van der Waals surface area contributed by atoms with E-state index >= 15 is 0 Å². The van der Waals surface area contributed by atoms with Crippen LogP contribution in [0.2, 0.25) is 0 Å². The normalized spacial score (nSPS) is 18.6. The zero-order valence-corrected chi connectivity index (χ0v) is 14.2. The number of carbonyl (C=O) groups is 1. The summed E-state index contributed by atoms with van der Waals surface area (Å²) in [4.78, 5) is 13.7. The Hall–Kier alpha value is -2.07. The number of benzene rings is 2. The lowest BCUT2D eigenvalue weighted by molar-refractivity contribution is 0.0322. The van der Waals surface area contributed by atoms with Gasteiger partial charge in [-0.15, -0.1) is 0 Å². The van der Waals surface area contributed by atoms with E-state index in [9.17, 15) is 13.6 Å². The predicted molar refractivity (Wildman–Crippen MR) is 95.2 cm³/mol. The minimum absolute atomic E-state index is 0.296. The predicted octanol–water partition coefficient (Wildman–Crippen LogP) is 4.77. The summed E-state index contributed by atoms with van der Waals surface area (Å²) < 4.78 is 28.7. The fraction of sp³-hybridized carbons (Fsp3) is 0.381. The van der Waals surface area contributed by atoms with Crippen molar-refractivity contribution in [1.29, 1.82) is 0 Å². The molecular formula is C21H23F2NO. The maximum atomic E-state index is 14.5. The van der Waals surface area contributed by atoms with Crippen LogP contribution in [0.5, 0.6) is 0 Å². The molecule has 0 amide bonds. The second kappa shape index (κ2) is 8.34. The van der Waals surface area contributed by atoms with Gasteiger partial charge in [-0.05, 0) is 24.3 Å². The molecule has 0 saturated carbocycles. The van der Waals surface area contributed by atoms with Crippen LogP contribution in [0.1, 0.15) is 41.1 Å². The van der Waals surface area contributed by atoms with Gasteiger partial charge in [-0.25, -0.2) is 8.78 Å². The molecule has 0 N–H and O–H groups in total. The zero-order valence-electron chi connectivity index (χ0n) is 14.2. The fourth-order valence-electron chi connectivity index (χ4n) is 3.45. The van der Waals surface area contributed by atoms with Crippen molar-refractivity contribution < 1.29 is 13.6 Å². The Kier molecular flexibility index (Phi) is 5.92. The van der Waals surface area contributed by atoms with Crippen molar-refractivity contribution in [2.45, 2.75) is 37.6 Å². The third-order valence-corrected chi connectivity index (χ3v) is 4.94. The van der Waals surface area contributed by atoms with Gasteiger partial charge in [-0.1, -0.05) is 60.7 Å². The zero-order chi connectivity index (χ0) is 17.6. The van der Waals surface area contributed by atoms with Crippen molar-refractivity contribution in [2.24, 2.45) is 0 Å². The van der Waals surface area contributed by atoms with Gasteiger partial charge in [0.2, 0.25) is 0 Å². The maximum absolute atomic E-state index is 14.5. The van der Waals surface area contributed by atoms with E-state index in [1.54, 1.807) is 35.2 Å². The highest BCUT2D eigenvalue weighted by atomic mass is 19.1. The van der Waals surface area contributed by atoms with Gasteiger partial charge in [0.1, 0.15) is 0 Å². The summed E-state index contributed by atoms with van der Waals surface area (Å²) in [6, 6.07) is 18.5. The Morgan fingerprint density at radius 1 is 0.960 bits per heavy atom. The SMILES string of the molecule is O=C(c1ccccc1)C(F)CC(F)N1CCC(c2ccccc2)CC1. The first-order valence-electron chi connectivity index (χ1n) is 8.81. The largest absolute Gasteiger partial charge is 0.291 e. The van der Waals surface area contributed by atoms with Crippen LogP contribution in [-0.2, 0) is 0 Å². The average Bonchev–Trinajstić information content (AvgIpc) is 2.68. The Morgan fingerprint density at radius 3 is 2.12 bits per heavy atom. The second-order valence-electron chi connectivity index (χ2n) is 6.59. The van der Waals surface area contributed by atoms with Gasteiger partial charge in [0, 0.05) is 25.1 Å². The third kappa shape index (κ3) is 4.51. The van der Waals surface area contributed by atoms with E-state index in [0.717, 1.165) is 12.8 Å². The number of hydrogen-bond donors (Lipinski definition) is 0. The first kappa shape index (κ1) is 17.7. The molecule has 1 aliphatic rings. The maximum Gasteiger partial charge on any atom is 0.197 e. The summed E-state index contributed by atoms with van der Waals surface area (Å²) in [5.41, 5.74) is 1.57. The summed E-state index contributed by atoms with van der Waals surface area (Å²) in [5.74, 6) is -0.209. The molecule has 2 unspecified atom stereocenters. The van der Waals surface area contributed by atoms with Gasteiger partial charge in [0.05, 0.1) is 0 Å². The monoisotopic (exact) mass is 343 g/mol. The van der Waals surface area contributed by atoms with Gasteiger partial charge in [-0.2, -0.15) is 0 Å². The Morgan fingerprint density at radius 2 is 1.52 bits per heavy atom. The van der Waals surface area contributed by atoms with Crippen molar-refractivity contribution in [2.75, 3.05) is 13.1 Å². The van der Waals surface area contributed by atoms with E-state index in [1.807, 2.05) is 18.2 Å². The standard InChI is InChI=1S/C21H23F2NO/c22-19(21(25)18-9-5-2-6-10-18)15-20(23)24-13-11-17(12-14-24)16-7-3-1-4-8-16/h1-10,17,19-20H,11-15H2. The quantitative estimate of drug-likeness (QED) is 0.556. The summed E-state index contributed by atoms with van der Waals surface area (Å²) in [7, 11) is 0. The van der Waals surface area contributed by atoms with Gasteiger partial charge >= 0.3 is 0 Å². The smallest absolute Gasteiger partial charge is 0.197 e. The highest BCUT2D eigenvalue weighted by molar-refractivity contribution is 5.99. The Bertz CT molecular complexity index is 669. The number of ketones is 1. The highest BCUT2D eigenvalue weighted by Crippen LogP contribution is 2.29. The summed E-state index contributed by atoms with van der Waals surface area (Å²) in [6.07, 6.45) is -1.91. The van der Waals surface area contributed by atoms with Crippen molar-refractivity contribution in [3.63, 3.8) is 0 Å². The summed E-state index contributed by atoms with van der Waals surface area (Å²) in [6.45, 7) is 1.18. The van der Waals surface area contributed by atoms with E-state index in [-0.39, 0.29) is 0 Å². The van der Waals surface area contributed by atoms with Crippen molar-refractivity contribution >= 4 is 5.78 Å². The molecule has 0 spiro atoms. The second-order valence-corrected chi connectivity index (χ2v) is 6.59. The molecule has 2 aromatic rings. The number of likely N-dealkylation sites (tertiary alicyclic amines) is 1. The fourth-order valence-corrected chi connectivity index (χ4v) is 3.45. The topological polar surface area (TPSA) is 20.3 Å². The van der Waals surface area contributed by atoms with Gasteiger partial charge < -0.3 is 0 Å². The van der Waals surface area contributed by atoms with E-state index in [4.69, 9.17) is 0 Å². The molecule has 132 valence electrons. The van der Waals surface area contributed by atoms with E-state index in [2.05, 4.69) is 12.1 Å². The number of rotatable bonds is 6. The van der Waals surface area contributed by atoms with Crippen LogP contribution in [0.3, 0.4) is 0 Å². The molecule has 0 aliphatic carbocycles. The van der Waals surface area contributed by atoms with Crippen LogP contribution in [0, 0.1) is 0 Å². The minimum Gasteiger partial charge on any atom is -0.291 e. The van der Waals surface area contributed by atoms with Gasteiger partial charge in [0.25, 0.3) is 0 Å². The van der Waals surface area contributed by atoms with Crippen LogP contribution in [0.15, 0.2) is 60.7 Å². The first-order chi connectivity index (χ1) is 12.1. The van der Waals surface area contributed by atoms with Crippen molar-refractivity contribution in [3.8, 4) is 0 Å². The molecular weight excluding hydrogens is 320 g/mol. The molecule has 1 heterocycles. The first-order valence-corrected chi connectivity index (χ1v) is 8.81. The average molecular weight is 343 g/mol. The summed E-state index contributed by atoms with van der Waals surface area (Å²) in [5, 5.41) is 0. The van der Waals surface area contributed by atoms with Crippen LogP contribution in [0.25, 0.3) is 0 Å². The summed E-state index contributed by atoms with van der Waals surface area (Å²) >= 11 is 0. The molecule has 4 heteroatoms. The van der Waals surface area contributed by atoms with Crippen molar-refractivity contribution in [3.05, 3.63) is 71.8 Å². The molecule has 3 rings (SSSR count). The van der Waals surface area contributed by atoms with Crippen LogP contribution >= 0.6 is 0 Å². The lowest BCUT2D eigenvalue weighted by Gasteiger charge is -2.34. The molecule has 2 aromatic carbocycles.